The molecule has 0 bridgehead atoms. The summed E-state index contributed by atoms with van der Waals surface area (Å²) in [4.78, 5) is 3.90. The minimum atomic E-state index is 0.512. The number of rotatable bonds is 2. The molecular formula is C7H8N2O2. The Labute approximate surface area is 64.1 Å². The molecule has 11 heavy (non-hydrogen) atoms. The SMILES string of the molecule is COc1cccnc1C=NO. The van der Waals surface area contributed by atoms with Crippen molar-refractivity contribution in [2.45, 2.75) is 0 Å². The van der Waals surface area contributed by atoms with Gasteiger partial charge in [-0.25, -0.2) is 0 Å². The van der Waals surface area contributed by atoms with E-state index >= 15 is 0 Å². The maximum absolute atomic E-state index is 8.21. The number of hydrogen-bond donors (Lipinski definition) is 1. The summed E-state index contributed by atoms with van der Waals surface area (Å²) >= 11 is 0. The summed E-state index contributed by atoms with van der Waals surface area (Å²) in [7, 11) is 1.53. The molecule has 0 radical (unpaired) electrons. The van der Waals surface area contributed by atoms with E-state index in [0.717, 1.165) is 0 Å². The van der Waals surface area contributed by atoms with Gasteiger partial charge in [-0.3, -0.25) is 4.98 Å². The molecule has 4 nitrogen and oxygen atoms in total. The highest BCUT2D eigenvalue weighted by atomic mass is 16.5. The van der Waals surface area contributed by atoms with Gasteiger partial charge in [0.15, 0.2) is 0 Å². The highest BCUT2D eigenvalue weighted by Gasteiger charge is 1.97. The molecule has 0 saturated carbocycles. The van der Waals surface area contributed by atoms with Crippen molar-refractivity contribution in [2.75, 3.05) is 7.11 Å². The van der Waals surface area contributed by atoms with Gasteiger partial charge in [-0.05, 0) is 12.1 Å². The van der Waals surface area contributed by atoms with Gasteiger partial charge in [0, 0.05) is 6.20 Å². The summed E-state index contributed by atoms with van der Waals surface area (Å²) in [6, 6.07) is 3.48. The number of pyridine rings is 1. The lowest BCUT2D eigenvalue weighted by Gasteiger charge is -2.00. The van der Waals surface area contributed by atoms with Crippen LogP contribution in [0.5, 0.6) is 5.75 Å². The molecule has 0 atom stereocenters. The number of ether oxygens (including phenoxy) is 1. The van der Waals surface area contributed by atoms with Gasteiger partial charge in [-0.2, -0.15) is 0 Å². The molecule has 0 unspecified atom stereocenters. The molecule has 0 aliphatic rings. The van der Waals surface area contributed by atoms with Crippen LogP contribution in [0.2, 0.25) is 0 Å². The fourth-order valence-corrected chi connectivity index (χ4v) is 0.727. The summed E-state index contributed by atoms with van der Waals surface area (Å²) in [5.41, 5.74) is 0.512. The Morgan fingerprint density at radius 3 is 3.18 bits per heavy atom. The van der Waals surface area contributed by atoms with E-state index in [1.807, 2.05) is 0 Å². The molecule has 4 heteroatoms. The van der Waals surface area contributed by atoms with Crippen molar-refractivity contribution >= 4 is 6.21 Å². The van der Waals surface area contributed by atoms with Crippen molar-refractivity contribution in [3.63, 3.8) is 0 Å². The van der Waals surface area contributed by atoms with Gasteiger partial charge in [0.25, 0.3) is 0 Å². The number of nitrogens with zero attached hydrogens (tertiary/aromatic N) is 2. The Kier molecular flexibility index (Phi) is 2.43. The van der Waals surface area contributed by atoms with E-state index in [4.69, 9.17) is 9.94 Å². The van der Waals surface area contributed by atoms with Crippen LogP contribution >= 0.6 is 0 Å². The van der Waals surface area contributed by atoms with Crippen LogP contribution in [0, 0.1) is 0 Å². The van der Waals surface area contributed by atoms with Crippen LogP contribution in [-0.2, 0) is 0 Å². The molecule has 0 saturated heterocycles. The molecule has 0 aliphatic carbocycles. The van der Waals surface area contributed by atoms with E-state index in [2.05, 4.69) is 10.1 Å². The number of aromatic nitrogens is 1. The van der Waals surface area contributed by atoms with Crippen molar-refractivity contribution in [3.8, 4) is 5.75 Å². The molecule has 1 rings (SSSR count). The molecule has 1 N–H and O–H groups in total. The van der Waals surface area contributed by atoms with Crippen LogP contribution in [0.4, 0.5) is 0 Å². The minimum Gasteiger partial charge on any atom is -0.494 e. The highest BCUT2D eigenvalue weighted by molar-refractivity contribution is 5.80. The largest absolute Gasteiger partial charge is 0.494 e. The van der Waals surface area contributed by atoms with Gasteiger partial charge < -0.3 is 9.94 Å². The van der Waals surface area contributed by atoms with Crippen molar-refractivity contribution in [1.82, 2.24) is 4.98 Å². The van der Waals surface area contributed by atoms with Crippen molar-refractivity contribution in [2.24, 2.45) is 5.16 Å². The molecule has 0 fully saturated rings. The predicted octanol–water partition coefficient (Wildman–Crippen LogP) is 0.898. The molecule has 58 valence electrons. The Bertz CT molecular complexity index is 260. The molecule has 0 aliphatic heterocycles. The van der Waals surface area contributed by atoms with Crippen LogP contribution < -0.4 is 4.74 Å². The third kappa shape index (κ3) is 1.67. The van der Waals surface area contributed by atoms with Gasteiger partial charge in [0.2, 0.25) is 0 Å². The number of hydrogen-bond acceptors (Lipinski definition) is 4. The van der Waals surface area contributed by atoms with Crippen LogP contribution in [0.3, 0.4) is 0 Å². The fraction of sp³-hybridized carbons (Fsp3) is 0.143. The Balaban J connectivity index is 3.02. The first kappa shape index (κ1) is 7.53. The Hall–Kier alpha value is -1.58. The first-order valence-corrected chi connectivity index (χ1v) is 3.05. The molecule has 0 aromatic carbocycles. The van der Waals surface area contributed by atoms with Crippen molar-refractivity contribution in [1.29, 1.82) is 0 Å². The minimum absolute atomic E-state index is 0.512. The highest BCUT2D eigenvalue weighted by Crippen LogP contribution is 2.11. The van der Waals surface area contributed by atoms with Crippen LogP contribution in [0.25, 0.3) is 0 Å². The van der Waals surface area contributed by atoms with Crippen LogP contribution in [0.1, 0.15) is 5.69 Å². The van der Waals surface area contributed by atoms with Gasteiger partial charge in [0.1, 0.15) is 11.4 Å². The fourth-order valence-electron chi connectivity index (χ4n) is 0.727. The molecule has 1 aromatic heterocycles. The van der Waals surface area contributed by atoms with E-state index in [1.54, 1.807) is 18.3 Å². The standard InChI is InChI=1S/C7H8N2O2/c1-11-7-3-2-4-8-6(7)5-9-10/h2-5,10H,1H3. The van der Waals surface area contributed by atoms with Crippen LogP contribution in [0.15, 0.2) is 23.5 Å². The zero-order chi connectivity index (χ0) is 8.10. The van der Waals surface area contributed by atoms with E-state index in [0.29, 0.717) is 11.4 Å². The van der Waals surface area contributed by atoms with Crippen LogP contribution in [-0.4, -0.2) is 23.5 Å². The van der Waals surface area contributed by atoms with Gasteiger partial charge >= 0.3 is 0 Å². The lowest BCUT2D eigenvalue weighted by atomic mass is 10.3. The average Bonchev–Trinajstić information content (AvgIpc) is 2.06. The summed E-state index contributed by atoms with van der Waals surface area (Å²) < 4.78 is 4.93. The van der Waals surface area contributed by atoms with Gasteiger partial charge in [-0.1, -0.05) is 5.16 Å². The number of methoxy groups -OCH3 is 1. The molecule has 1 heterocycles. The van der Waals surface area contributed by atoms with E-state index < -0.39 is 0 Å². The van der Waals surface area contributed by atoms with E-state index in [-0.39, 0.29) is 0 Å². The predicted molar refractivity (Wildman–Crippen MR) is 40.2 cm³/mol. The lowest BCUT2D eigenvalue weighted by Crippen LogP contribution is -1.92. The Morgan fingerprint density at radius 2 is 2.55 bits per heavy atom. The van der Waals surface area contributed by atoms with E-state index in [9.17, 15) is 0 Å². The van der Waals surface area contributed by atoms with Gasteiger partial charge in [-0.15, -0.1) is 0 Å². The third-order valence-corrected chi connectivity index (χ3v) is 1.20. The molecule has 1 aromatic rings. The summed E-state index contributed by atoms with van der Waals surface area (Å²) in [5.74, 6) is 0.588. The summed E-state index contributed by atoms with van der Waals surface area (Å²) in [6.45, 7) is 0. The normalized spacial score (nSPS) is 10.3. The summed E-state index contributed by atoms with van der Waals surface area (Å²) in [5, 5.41) is 11.1. The Morgan fingerprint density at radius 1 is 1.73 bits per heavy atom. The van der Waals surface area contributed by atoms with Gasteiger partial charge in [0.05, 0.1) is 13.3 Å². The quantitative estimate of drug-likeness (QED) is 0.389. The topological polar surface area (TPSA) is 54.7 Å². The molecule has 0 amide bonds. The third-order valence-electron chi connectivity index (χ3n) is 1.20. The second kappa shape index (κ2) is 3.55. The maximum Gasteiger partial charge on any atom is 0.146 e. The maximum atomic E-state index is 8.21. The van der Waals surface area contributed by atoms with E-state index in [1.165, 1.54) is 13.3 Å². The molecular weight excluding hydrogens is 144 g/mol. The lowest BCUT2D eigenvalue weighted by molar-refractivity contribution is 0.321. The summed E-state index contributed by atoms with van der Waals surface area (Å²) in [6.07, 6.45) is 2.82. The number of oxime groups is 1. The molecule has 0 spiro atoms. The zero-order valence-corrected chi connectivity index (χ0v) is 6.06. The van der Waals surface area contributed by atoms with Crippen molar-refractivity contribution in [3.05, 3.63) is 24.0 Å². The first-order chi connectivity index (χ1) is 5.38. The monoisotopic (exact) mass is 152 g/mol. The second-order valence-corrected chi connectivity index (χ2v) is 1.84. The smallest absolute Gasteiger partial charge is 0.146 e. The first-order valence-electron chi connectivity index (χ1n) is 3.05. The van der Waals surface area contributed by atoms with Crippen molar-refractivity contribution < 1.29 is 9.94 Å². The average molecular weight is 152 g/mol. The second-order valence-electron chi connectivity index (χ2n) is 1.84. The zero-order valence-electron chi connectivity index (χ0n) is 6.06.